The van der Waals surface area contributed by atoms with Gasteiger partial charge in [0.25, 0.3) is 0 Å². The zero-order valence-electron chi connectivity index (χ0n) is 11.5. The van der Waals surface area contributed by atoms with Crippen LogP contribution in [-0.2, 0) is 0 Å². The summed E-state index contributed by atoms with van der Waals surface area (Å²) < 4.78 is 0. The Morgan fingerprint density at radius 3 is 2.90 bits per heavy atom. The highest BCUT2D eigenvalue weighted by atomic mass is 15.2. The molecule has 102 valence electrons. The van der Waals surface area contributed by atoms with Crippen molar-refractivity contribution >= 4 is 16.6 Å². The van der Waals surface area contributed by atoms with Crippen LogP contribution >= 0.6 is 0 Å². The van der Waals surface area contributed by atoms with Gasteiger partial charge in [-0.3, -0.25) is 0 Å². The number of aromatic nitrogens is 2. The quantitative estimate of drug-likeness (QED) is 0.852. The van der Waals surface area contributed by atoms with E-state index in [2.05, 4.69) is 28.1 Å². The van der Waals surface area contributed by atoms with Crippen molar-refractivity contribution in [3.05, 3.63) is 30.0 Å². The fourth-order valence-electron chi connectivity index (χ4n) is 2.95. The molecule has 1 aliphatic rings. The van der Waals surface area contributed by atoms with E-state index in [-0.39, 0.29) is 6.04 Å². The molecule has 0 spiro atoms. The van der Waals surface area contributed by atoms with Gasteiger partial charge in [0, 0.05) is 24.0 Å². The van der Waals surface area contributed by atoms with E-state index in [1.807, 2.05) is 24.3 Å². The number of hydrogen-bond donors (Lipinski definition) is 1. The van der Waals surface area contributed by atoms with Crippen LogP contribution in [0.3, 0.4) is 0 Å². The van der Waals surface area contributed by atoms with E-state index in [1.165, 1.54) is 0 Å². The van der Waals surface area contributed by atoms with Crippen LogP contribution in [-0.4, -0.2) is 28.8 Å². The predicted molar refractivity (Wildman–Crippen MR) is 78.3 cm³/mol. The van der Waals surface area contributed by atoms with E-state index in [9.17, 15) is 5.26 Å². The summed E-state index contributed by atoms with van der Waals surface area (Å²) in [7, 11) is 0. The molecule has 5 nitrogen and oxygen atoms in total. The number of nitrogens with zero attached hydrogens (tertiary/aromatic N) is 4. The number of piperidine rings is 1. The summed E-state index contributed by atoms with van der Waals surface area (Å²) in [5, 5.41) is 18.5. The van der Waals surface area contributed by atoms with Gasteiger partial charge in [-0.15, -0.1) is 10.2 Å². The van der Waals surface area contributed by atoms with Gasteiger partial charge < -0.3 is 10.6 Å². The second-order valence-corrected chi connectivity index (χ2v) is 5.35. The number of hydrogen-bond acceptors (Lipinski definition) is 5. The molecule has 2 aromatic rings. The van der Waals surface area contributed by atoms with Crippen LogP contribution in [0.5, 0.6) is 0 Å². The number of benzene rings is 1. The number of nitriles is 1. The first-order valence-electron chi connectivity index (χ1n) is 6.88. The van der Waals surface area contributed by atoms with E-state index in [1.54, 1.807) is 0 Å². The number of fused-ring (bicyclic) bond motifs is 1. The van der Waals surface area contributed by atoms with E-state index in [0.29, 0.717) is 11.7 Å². The normalized spacial score (nSPS) is 22.8. The van der Waals surface area contributed by atoms with Gasteiger partial charge in [0.15, 0.2) is 5.69 Å². The molecule has 0 bridgehead atoms. The Bertz CT molecular complexity index is 676. The molecule has 3 rings (SSSR count). The van der Waals surface area contributed by atoms with Crippen molar-refractivity contribution in [2.75, 3.05) is 11.4 Å². The van der Waals surface area contributed by atoms with Crippen LogP contribution in [0.2, 0.25) is 0 Å². The van der Waals surface area contributed by atoms with Gasteiger partial charge in [0.2, 0.25) is 0 Å². The first-order chi connectivity index (χ1) is 9.70. The van der Waals surface area contributed by atoms with Crippen LogP contribution in [0.15, 0.2) is 24.3 Å². The van der Waals surface area contributed by atoms with E-state index in [4.69, 9.17) is 5.73 Å². The maximum Gasteiger partial charge on any atom is 0.187 e. The molecular weight excluding hydrogens is 250 g/mol. The Balaban J connectivity index is 2.16. The molecule has 0 amide bonds. The third-order valence-corrected chi connectivity index (χ3v) is 3.95. The Morgan fingerprint density at radius 2 is 2.15 bits per heavy atom. The molecule has 20 heavy (non-hydrogen) atoms. The van der Waals surface area contributed by atoms with Crippen molar-refractivity contribution < 1.29 is 0 Å². The minimum atomic E-state index is 0.243. The smallest absolute Gasteiger partial charge is 0.187 e. The van der Waals surface area contributed by atoms with Gasteiger partial charge in [0.05, 0.1) is 11.2 Å². The number of nitrogens with two attached hydrogens (primary N) is 1. The lowest BCUT2D eigenvalue weighted by atomic mass is 9.97. The molecule has 2 unspecified atom stereocenters. The second kappa shape index (κ2) is 5.06. The van der Waals surface area contributed by atoms with Crippen molar-refractivity contribution in [2.45, 2.75) is 31.8 Å². The monoisotopic (exact) mass is 267 g/mol. The lowest BCUT2D eigenvalue weighted by molar-refractivity contribution is 0.430. The molecule has 2 heterocycles. The molecule has 0 aliphatic carbocycles. The molecule has 1 aromatic carbocycles. The molecule has 0 radical (unpaired) electrons. The van der Waals surface area contributed by atoms with Gasteiger partial charge in [-0.25, -0.2) is 0 Å². The van der Waals surface area contributed by atoms with Crippen molar-refractivity contribution in [3.8, 4) is 6.07 Å². The Labute approximate surface area is 118 Å². The summed E-state index contributed by atoms with van der Waals surface area (Å²) in [5.74, 6) is 0. The molecular formula is C15H17N5. The Kier molecular flexibility index (Phi) is 3.25. The molecule has 1 saturated heterocycles. The van der Waals surface area contributed by atoms with Crippen molar-refractivity contribution in [1.82, 2.24) is 10.2 Å². The zero-order valence-corrected chi connectivity index (χ0v) is 11.5. The molecule has 1 fully saturated rings. The van der Waals surface area contributed by atoms with Gasteiger partial charge >= 0.3 is 0 Å². The molecule has 0 saturated carbocycles. The molecule has 2 atom stereocenters. The summed E-state index contributed by atoms with van der Waals surface area (Å²) in [6.45, 7) is 3.00. The second-order valence-electron chi connectivity index (χ2n) is 5.35. The highest BCUT2D eigenvalue weighted by molar-refractivity contribution is 5.93. The van der Waals surface area contributed by atoms with Crippen LogP contribution in [0, 0.1) is 11.3 Å². The number of anilines is 1. The molecule has 2 N–H and O–H groups in total. The van der Waals surface area contributed by atoms with Crippen molar-refractivity contribution in [3.63, 3.8) is 0 Å². The third-order valence-electron chi connectivity index (χ3n) is 3.95. The average Bonchev–Trinajstić information content (AvgIpc) is 2.46. The summed E-state index contributed by atoms with van der Waals surface area (Å²) >= 11 is 0. The topological polar surface area (TPSA) is 78.8 Å². The standard InChI is InChI=1S/C15H17N5/c1-10-8-11(17)6-7-20(10)15-12-4-2-3-5-13(12)18-19-14(15)9-16/h2-5,10-11H,6-8,17H2,1H3. The summed E-state index contributed by atoms with van der Waals surface area (Å²) in [4.78, 5) is 2.25. The minimum Gasteiger partial charge on any atom is -0.366 e. The Morgan fingerprint density at radius 1 is 1.35 bits per heavy atom. The molecule has 1 aromatic heterocycles. The first-order valence-corrected chi connectivity index (χ1v) is 6.88. The SMILES string of the molecule is CC1CC(N)CCN1c1c(C#N)nnc2ccccc12. The third kappa shape index (κ3) is 2.08. The zero-order chi connectivity index (χ0) is 14.1. The predicted octanol–water partition coefficient (Wildman–Crippen LogP) is 1.82. The van der Waals surface area contributed by atoms with Crippen LogP contribution in [0.1, 0.15) is 25.5 Å². The molecule has 1 aliphatic heterocycles. The lowest BCUT2D eigenvalue weighted by Gasteiger charge is -2.38. The average molecular weight is 267 g/mol. The number of rotatable bonds is 1. The highest BCUT2D eigenvalue weighted by Gasteiger charge is 2.27. The fourth-order valence-corrected chi connectivity index (χ4v) is 2.95. The van der Waals surface area contributed by atoms with Crippen molar-refractivity contribution in [2.24, 2.45) is 5.73 Å². The minimum absolute atomic E-state index is 0.243. The lowest BCUT2D eigenvalue weighted by Crippen LogP contribution is -2.46. The van der Waals surface area contributed by atoms with Crippen molar-refractivity contribution in [1.29, 1.82) is 5.26 Å². The van der Waals surface area contributed by atoms with Gasteiger partial charge in [-0.05, 0) is 25.8 Å². The summed E-state index contributed by atoms with van der Waals surface area (Å²) in [6.07, 6.45) is 1.87. The van der Waals surface area contributed by atoms with E-state index < -0.39 is 0 Å². The highest BCUT2D eigenvalue weighted by Crippen LogP contribution is 2.32. The van der Waals surface area contributed by atoms with Gasteiger partial charge in [-0.2, -0.15) is 5.26 Å². The fraction of sp³-hybridized carbons (Fsp3) is 0.400. The van der Waals surface area contributed by atoms with Crippen LogP contribution < -0.4 is 10.6 Å². The van der Waals surface area contributed by atoms with E-state index in [0.717, 1.165) is 36.0 Å². The molecule has 5 heteroatoms. The van der Waals surface area contributed by atoms with Gasteiger partial charge in [-0.1, -0.05) is 18.2 Å². The maximum absolute atomic E-state index is 9.34. The summed E-state index contributed by atoms with van der Waals surface area (Å²) in [6, 6.07) is 10.5. The van der Waals surface area contributed by atoms with Crippen LogP contribution in [0.25, 0.3) is 10.9 Å². The maximum atomic E-state index is 9.34. The largest absolute Gasteiger partial charge is 0.366 e. The first kappa shape index (κ1) is 12.8. The van der Waals surface area contributed by atoms with Crippen LogP contribution in [0.4, 0.5) is 5.69 Å². The summed E-state index contributed by atoms with van der Waals surface area (Å²) in [5.41, 5.74) is 8.15. The Hall–Kier alpha value is -2.19. The van der Waals surface area contributed by atoms with Gasteiger partial charge in [0.1, 0.15) is 6.07 Å². The van der Waals surface area contributed by atoms with E-state index >= 15 is 0 Å².